The largest absolute Gasteiger partial charge is 0.510 e. The molecule has 1 saturated heterocycles. The molecule has 2 rings (SSSR count). The minimum absolute atomic E-state index is 0.526. The molecule has 232 valence electrons. The van der Waals surface area contributed by atoms with Crippen LogP contribution in [0.25, 0.3) is 10.4 Å². The average molecular weight is 613 g/mol. The summed E-state index contributed by atoms with van der Waals surface area (Å²) < 4.78 is 63.8. The number of aliphatic hydroxyl groups excluding tert-OH is 1. The molecule has 0 radical (unpaired) electrons. The summed E-state index contributed by atoms with van der Waals surface area (Å²) in [6, 6.07) is -0.826. The van der Waals surface area contributed by atoms with E-state index in [9.17, 15) is 24.1 Å². The van der Waals surface area contributed by atoms with Gasteiger partial charge in [0.15, 0.2) is 12.4 Å². The monoisotopic (exact) mass is 612 g/mol. The molecule has 41 heavy (non-hydrogen) atoms. The van der Waals surface area contributed by atoms with Gasteiger partial charge in [-0.15, -0.1) is 0 Å². The van der Waals surface area contributed by atoms with E-state index in [1.54, 1.807) is 27.7 Å². The third-order valence-corrected chi connectivity index (χ3v) is 7.22. The molecular formula is C21H34FN6O12P. The van der Waals surface area contributed by atoms with Crippen LogP contribution in [-0.2, 0) is 37.3 Å². The topological polar surface area (TPSA) is 243 Å². The van der Waals surface area contributed by atoms with E-state index in [1.165, 1.54) is 6.08 Å². The van der Waals surface area contributed by atoms with Crippen LogP contribution in [0.3, 0.4) is 0 Å². The Kier molecular flexibility index (Phi) is 12.6. The Balaban J connectivity index is 2.22. The quantitative estimate of drug-likeness (QED) is 0.0638. The van der Waals surface area contributed by atoms with Gasteiger partial charge < -0.3 is 39.8 Å². The van der Waals surface area contributed by atoms with Crippen molar-refractivity contribution >= 4 is 25.9 Å². The normalized spacial score (nSPS) is 26.0. The zero-order valence-electron chi connectivity index (χ0n) is 22.8. The van der Waals surface area contributed by atoms with Crippen molar-refractivity contribution in [3.05, 3.63) is 22.7 Å². The fourth-order valence-corrected chi connectivity index (χ4v) is 4.98. The van der Waals surface area contributed by atoms with Crippen molar-refractivity contribution in [2.75, 3.05) is 26.3 Å². The lowest BCUT2D eigenvalue weighted by molar-refractivity contribution is -0.106. The zero-order valence-corrected chi connectivity index (χ0v) is 23.7. The zero-order chi connectivity index (χ0) is 30.8. The second-order valence-corrected chi connectivity index (χ2v) is 11.5. The van der Waals surface area contributed by atoms with Gasteiger partial charge in [0.2, 0.25) is 13.6 Å². The summed E-state index contributed by atoms with van der Waals surface area (Å²) in [6.07, 6.45) is -8.77. The Morgan fingerprint density at radius 2 is 1.80 bits per heavy atom. The average Bonchev–Trinajstić information content (AvgIpc) is 3.11. The van der Waals surface area contributed by atoms with E-state index in [4.69, 9.17) is 44.0 Å². The first-order chi connectivity index (χ1) is 19.2. The SMILES string of the molecule is CC(C)OC(=O)OCOP(=O)(CC[C@@]1(CN=[N+]=[N-])O[C@@H](N2C=CC(N)NC2=O)[C@H](F)[C@@H]1O)OCOC(=O)OC(C)C. The van der Waals surface area contributed by atoms with E-state index < -0.39 is 101 Å². The number of rotatable bonds is 14. The highest BCUT2D eigenvalue weighted by atomic mass is 31.2. The molecule has 0 spiro atoms. The molecule has 1 unspecified atom stereocenters. The highest BCUT2D eigenvalue weighted by Gasteiger charge is 2.57. The summed E-state index contributed by atoms with van der Waals surface area (Å²) in [6.45, 7) is 3.71. The third kappa shape index (κ3) is 10.00. The Bertz CT molecular complexity index is 1030. The predicted octanol–water partition coefficient (Wildman–Crippen LogP) is 2.57. The van der Waals surface area contributed by atoms with Crippen molar-refractivity contribution in [3.8, 4) is 0 Å². The van der Waals surface area contributed by atoms with Crippen molar-refractivity contribution in [2.45, 2.75) is 76.6 Å². The Labute approximate surface area is 234 Å². The molecule has 0 aromatic carbocycles. The van der Waals surface area contributed by atoms with Gasteiger partial charge in [-0.05, 0) is 45.7 Å². The fraction of sp³-hybridized carbons (Fsp3) is 0.762. The predicted molar refractivity (Wildman–Crippen MR) is 134 cm³/mol. The molecule has 5 atom stereocenters. The van der Waals surface area contributed by atoms with E-state index in [0.717, 1.165) is 11.1 Å². The van der Waals surface area contributed by atoms with E-state index in [2.05, 4.69) is 15.3 Å². The number of carbonyl (C=O) groups is 3. The summed E-state index contributed by atoms with van der Waals surface area (Å²) in [5, 5.41) is 16.5. The van der Waals surface area contributed by atoms with Gasteiger partial charge in [0.25, 0.3) is 0 Å². The Morgan fingerprint density at radius 3 is 2.29 bits per heavy atom. The molecular weight excluding hydrogens is 578 g/mol. The van der Waals surface area contributed by atoms with Gasteiger partial charge in [0.1, 0.15) is 11.7 Å². The number of nitrogens with one attached hydrogen (secondary N) is 1. The van der Waals surface area contributed by atoms with Crippen LogP contribution in [0, 0.1) is 0 Å². The van der Waals surface area contributed by atoms with Crippen LogP contribution in [0.5, 0.6) is 0 Å². The van der Waals surface area contributed by atoms with E-state index >= 15 is 4.39 Å². The molecule has 0 aromatic rings. The number of ether oxygens (including phenoxy) is 5. The molecule has 1 fully saturated rings. The minimum Gasteiger partial charge on any atom is -0.432 e. The standard InChI is InChI=1S/C21H34FN6O12P/c1-12(2)38-19(31)34-10-36-41(33,37-11-35-20(32)39-13(3)4)8-6-21(9-25-27-24)16(29)15(22)17(40-21)28-7-5-14(23)26-18(28)30/h5,7,12-17,29H,6,8-11,23H2,1-4H3,(H,26,30)/t14?,15-,16+,17-,21+/m1/s1. The van der Waals surface area contributed by atoms with Gasteiger partial charge in [0, 0.05) is 11.1 Å². The van der Waals surface area contributed by atoms with Gasteiger partial charge in [-0.3, -0.25) is 18.5 Å². The number of alkyl halides is 1. The summed E-state index contributed by atoms with van der Waals surface area (Å²) in [7, 11) is -4.38. The van der Waals surface area contributed by atoms with E-state index in [0.29, 0.717) is 0 Å². The Morgan fingerprint density at radius 1 is 1.24 bits per heavy atom. The highest BCUT2D eigenvalue weighted by molar-refractivity contribution is 7.53. The van der Waals surface area contributed by atoms with Crippen LogP contribution in [-0.4, -0.2) is 97.1 Å². The molecule has 0 saturated carbocycles. The second-order valence-electron chi connectivity index (χ2n) is 9.28. The van der Waals surface area contributed by atoms with Gasteiger partial charge in [-0.2, -0.15) is 0 Å². The van der Waals surface area contributed by atoms with Crippen molar-refractivity contribution < 1.29 is 61.2 Å². The first-order valence-electron chi connectivity index (χ1n) is 12.3. The van der Waals surface area contributed by atoms with Crippen LogP contribution in [0.2, 0.25) is 0 Å². The number of nitrogens with two attached hydrogens (primary N) is 1. The summed E-state index contributed by atoms with van der Waals surface area (Å²) in [5.41, 5.74) is 12.4. The van der Waals surface area contributed by atoms with Crippen molar-refractivity contribution in [3.63, 3.8) is 0 Å². The lowest BCUT2D eigenvalue weighted by Gasteiger charge is -2.34. The van der Waals surface area contributed by atoms with Gasteiger partial charge in [0.05, 0.1) is 31.1 Å². The highest BCUT2D eigenvalue weighted by Crippen LogP contribution is 2.51. The number of halogens is 1. The number of urea groups is 1. The fourth-order valence-electron chi connectivity index (χ4n) is 3.57. The molecule has 2 amide bonds. The number of azide groups is 1. The smallest absolute Gasteiger partial charge is 0.432 e. The molecule has 2 heterocycles. The lowest BCUT2D eigenvalue weighted by Crippen LogP contribution is -2.54. The molecule has 0 bridgehead atoms. The van der Waals surface area contributed by atoms with Gasteiger partial charge in [-0.25, -0.2) is 18.8 Å². The summed E-state index contributed by atoms with van der Waals surface area (Å²) in [4.78, 5) is 39.1. The summed E-state index contributed by atoms with van der Waals surface area (Å²) >= 11 is 0. The van der Waals surface area contributed by atoms with Crippen molar-refractivity contribution in [2.24, 2.45) is 10.8 Å². The van der Waals surface area contributed by atoms with E-state index in [1.807, 2.05) is 0 Å². The minimum atomic E-state index is -4.38. The first kappa shape index (κ1) is 34.0. The molecule has 2 aliphatic heterocycles. The van der Waals surface area contributed by atoms with Crippen LogP contribution >= 0.6 is 7.60 Å². The van der Waals surface area contributed by atoms with Crippen molar-refractivity contribution in [1.82, 2.24) is 10.2 Å². The maximum atomic E-state index is 15.3. The van der Waals surface area contributed by atoms with Crippen LogP contribution in [0.1, 0.15) is 34.1 Å². The molecule has 0 aromatic heterocycles. The van der Waals surface area contributed by atoms with E-state index in [-0.39, 0.29) is 0 Å². The molecule has 2 aliphatic rings. The maximum Gasteiger partial charge on any atom is 0.510 e. The second kappa shape index (κ2) is 15.2. The molecule has 20 heteroatoms. The molecule has 4 N–H and O–H groups in total. The number of nitrogens with zero attached hydrogens (tertiary/aromatic N) is 4. The van der Waals surface area contributed by atoms with Gasteiger partial charge >= 0.3 is 25.9 Å². The molecule has 18 nitrogen and oxygen atoms in total. The summed E-state index contributed by atoms with van der Waals surface area (Å²) in [5.74, 6) is 0. The van der Waals surface area contributed by atoms with Crippen molar-refractivity contribution in [1.29, 1.82) is 0 Å². The third-order valence-electron chi connectivity index (χ3n) is 5.45. The number of carbonyl (C=O) groups excluding carboxylic acids is 3. The Hall–Kier alpha value is -3.18. The van der Waals surface area contributed by atoms with Crippen LogP contribution < -0.4 is 11.1 Å². The number of amides is 2. The maximum absolute atomic E-state index is 15.3. The number of hydrogen-bond donors (Lipinski definition) is 3. The molecule has 0 aliphatic carbocycles. The first-order valence-corrected chi connectivity index (χ1v) is 14.0. The van der Waals surface area contributed by atoms with Crippen LogP contribution in [0.4, 0.5) is 18.8 Å². The van der Waals surface area contributed by atoms with Crippen LogP contribution in [0.15, 0.2) is 17.4 Å². The lowest BCUT2D eigenvalue weighted by atomic mass is 9.93. The number of aliphatic hydroxyl groups is 1. The number of hydrogen-bond acceptors (Lipinski definition) is 14. The van der Waals surface area contributed by atoms with Gasteiger partial charge in [-0.1, -0.05) is 5.11 Å².